The van der Waals surface area contributed by atoms with Crippen LogP contribution in [0.4, 0.5) is 4.39 Å². The van der Waals surface area contributed by atoms with Crippen LogP contribution < -0.4 is 9.47 Å². The van der Waals surface area contributed by atoms with E-state index in [1.54, 1.807) is 37.7 Å². The number of methoxy groups -OCH3 is 2. The van der Waals surface area contributed by atoms with Crippen molar-refractivity contribution >= 4 is 40.1 Å². The van der Waals surface area contributed by atoms with Gasteiger partial charge in [0, 0.05) is 16.1 Å². The monoisotopic (exact) mass is 566 g/mol. The molecule has 6 rings (SSSR count). The van der Waals surface area contributed by atoms with Crippen molar-refractivity contribution in [2.75, 3.05) is 14.2 Å². The Morgan fingerprint density at radius 3 is 1.90 bits per heavy atom. The van der Waals surface area contributed by atoms with Gasteiger partial charge in [-0.05, 0) is 90.0 Å². The Morgan fingerprint density at radius 2 is 1.30 bits per heavy atom. The van der Waals surface area contributed by atoms with Crippen molar-refractivity contribution in [3.63, 3.8) is 0 Å². The molecule has 0 aliphatic carbocycles. The van der Waals surface area contributed by atoms with E-state index in [1.165, 1.54) is 12.1 Å². The molecule has 0 bridgehead atoms. The number of imidazole rings is 1. The molecule has 0 N–H and O–H groups in total. The number of hydrogen-bond acceptors (Lipinski definition) is 4. The van der Waals surface area contributed by atoms with Gasteiger partial charge in [0.1, 0.15) is 17.3 Å². The van der Waals surface area contributed by atoms with E-state index in [9.17, 15) is 4.39 Å². The molecule has 0 aliphatic heterocycles. The Kier molecular flexibility index (Phi) is 7.11. The van der Waals surface area contributed by atoms with E-state index in [-0.39, 0.29) is 5.82 Å². The molecule has 4 nitrogen and oxygen atoms in total. The zero-order valence-corrected chi connectivity index (χ0v) is 23.3. The molecule has 40 heavy (non-hydrogen) atoms. The third-order valence-corrected chi connectivity index (χ3v) is 7.99. The highest BCUT2D eigenvalue weighted by atomic mass is 35.5. The third-order valence-electron chi connectivity index (χ3n) is 6.65. The van der Waals surface area contributed by atoms with Gasteiger partial charge in [0.2, 0.25) is 0 Å². The van der Waals surface area contributed by atoms with Gasteiger partial charge in [0.05, 0.1) is 36.2 Å². The number of nitrogens with zero attached hydrogens (tertiary/aromatic N) is 2. The second kappa shape index (κ2) is 11.0. The molecule has 6 aromatic rings. The van der Waals surface area contributed by atoms with Gasteiger partial charge in [-0.1, -0.05) is 53.3 Å². The summed E-state index contributed by atoms with van der Waals surface area (Å²) in [5.41, 5.74) is 6.67. The van der Waals surface area contributed by atoms with Crippen molar-refractivity contribution in [3.05, 3.63) is 119 Å². The van der Waals surface area contributed by atoms with Gasteiger partial charge >= 0.3 is 0 Å². The van der Waals surface area contributed by atoms with E-state index in [4.69, 9.17) is 26.1 Å². The molecule has 0 aliphatic rings. The van der Waals surface area contributed by atoms with E-state index in [0.29, 0.717) is 5.02 Å². The van der Waals surface area contributed by atoms with Gasteiger partial charge in [0.25, 0.3) is 0 Å². The minimum Gasteiger partial charge on any atom is -0.497 e. The summed E-state index contributed by atoms with van der Waals surface area (Å²) in [6.45, 7) is 0. The van der Waals surface area contributed by atoms with E-state index < -0.39 is 0 Å². The molecule has 0 atom stereocenters. The molecule has 0 unspecified atom stereocenters. The van der Waals surface area contributed by atoms with Crippen LogP contribution in [0, 0.1) is 5.82 Å². The number of halogens is 2. The number of ether oxygens (including phenoxy) is 2. The summed E-state index contributed by atoms with van der Waals surface area (Å²) in [5, 5.41) is 0.661. The van der Waals surface area contributed by atoms with Crippen molar-refractivity contribution in [1.82, 2.24) is 9.38 Å². The quantitative estimate of drug-likeness (QED) is 0.193. The molecule has 0 amide bonds. The summed E-state index contributed by atoms with van der Waals surface area (Å²) < 4.78 is 26.6. The first-order chi connectivity index (χ1) is 19.5. The Labute approximate surface area is 240 Å². The van der Waals surface area contributed by atoms with Crippen LogP contribution in [0.1, 0.15) is 11.3 Å². The smallest absolute Gasteiger partial charge is 0.195 e. The zero-order valence-electron chi connectivity index (χ0n) is 21.8. The molecular weight excluding hydrogens is 543 g/mol. The van der Waals surface area contributed by atoms with Crippen molar-refractivity contribution < 1.29 is 13.9 Å². The zero-order chi connectivity index (χ0) is 27.6. The van der Waals surface area contributed by atoms with Gasteiger partial charge in [-0.3, -0.25) is 4.40 Å². The number of hydrogen-bond donors (Lipinski definition) is 0. The lowest BCUT2D eigenvalue weighted by molar-refractivity contribution is 0.414. The fourth-order valence-electron chi connectivity index (χ4n) is 4.61. The Morgan fingerprint density at radius 1 is 0.725 bits per heavy atom. The number of aromatic nitrogens is 2. The predicted octanol–water partition coefficient (Wildman–Crippen LogP) is 9.38. The Hall–Kier alpha value is -4.39. The first kappa shape index (κ1) is 25.9. The molecule has 0 saturated carbocycles. The summed E-state index contributed by atoms with van der Waals surface area (Å²) in [5.74, 6) is 1.31. The lowest BCUT2D eigenvalue weighted by Gasteiger charge is -2.10. The second-order valence-electron chi connectivity index (χ2n) is 9.09. The first-order valence-electron chi connectivity index (χ1n) is 12.6. The van der Waals surface area contributed by atoms with Gasteiger partial charge in [-0.25, -0.2) is 9.37 Å². The standard InChI is InChI=1S/C33H24ClFN2O2S/c1-38-27-16-8-23(9-17-27)31-32(24-10-18-28(39-2)19-11-24)40-33-36-30(22-6-12-25(34)13-7-22)29(37(31)33)20-5-21-3-14-26(35)15-4-21/h3-20H,1-2H3/b20-5+. The van der Waals surface area contributed by atoms with Crippen molar-refractivity contribution in [1.29, 1.82) is 0 Å². The average Bonchev–Trinajstić information content (AvgIpc) is 3.54. The summed E-state index contributed by atoms with van der Waals surface area (Å²) in [4.78, 5) is 7.04. The first-order valence-corrected chi connectivity index (χ1v) is 13.8. The molecule has 7 heteroatoms. The summed E-state index contributed by atoms with van der Waals surface area (Å²) in [7, 11) is 3.32. The summed E-state index contributed by atoms with van der Waals surface area (Å²) >= 11 is 7.83. The topological polar surface area (TPSA) is 35.8 Å². The Bertz CT molecular complexity index is 1810. The van der Waals surface area contributed by atoms with Gasteiger partial charge in [-0.15, -0.1) is 0 Å². The third kappa shape index (κ3) is 4.99. The molecule has 4 aromatic carbocycles. The largest absolute Gasteiger partial charge is 0.497 e. The fraction of sp³-hybridized carbons (Fsp3) is 0.0606. The van der Waals surface area contributed by atoms with Crippen LogP contribution in [0.3, 0.4) is 0 Å². The number of benzene rings is 4. The predicted molar refractivity (Wildman–Crippen MR) is 163 cm³/mol. The number of thiazole rings is 1. The van der Waals surface area contributed by atoms with E-state index in [2.05, 4.69) is 28.7 Å². The van der Waals surface area contributed by atoms with E-state index in [1.807, 2.05) is 60.7 Å². The second-order valence-corrected chi connectivity index (χ2v) is 10.5. The average molecular weight is 567 g/mol. The molecule has 0 fully saturated rings. The van der Waals surface area contributed by atoms with Crippen molar-refractivity contribution in [2.24, 2.45) is 0 Å². The van der Waals surface area contributed by atoms with Crippen LogP contribution >= 0.6 is 22.9 Å². The van der Waals surface area contributed by atoms with Crippen LogP contribution in [0.25, 0.3) is 50.1 Å². The van der Waals surface area contributed by atoms with Crippen molar-refractivity contribution in [2.45, 2.75) is 0 Å². The Balaban J connectivity index is 1.62. The normalized spacial score (nSPS) is 11.4. The molecule has 0 spiro atoms. The highest BCUT2D eigenvalue weighted by molar-refractivity contribution is 7.21. The van der Waals surface area contributed by atoms with Crippen LogP contribution in [-0.4, -0.2) is 23.6 Å². The maximum absolute atomic E-state index is 13.6. The van der Waals surface area contributed by atoms with Gasteiger partial charge < -0.3 is 9.47 Å². The van der Waals surface area contributed by atoms with E-state index >= 15 is 0 Å². The SMILES string of the molecule is COc1ccc(-c2sc3nc(-c4ccc(Cl)cc4)c(/C=C/c4ccc(F)cc4)n3c2-c2ccc(OC)cc2)cc1. The van der Waals surface area contributed by atoms with Crippen LogP contribution in [-0.2, 0) is 0 Å². The highest BCUT2D eigenvalue weighted by Gasteiger charge is 2.23. The maximum Gasteiger partial charge on any atom is 0.195 e. The van der Waals surface area contributed by atoms with Gasteiger partial charge in [-0.2, -0.15) is 0 Å². The lowest BCUT2D eigenvalue weighted by Crippen LogP contribution is -1.93. The molecule has 198 valence electrons. The van der Waals surface area contributed by atoms with Crippen LogP contribution in [0.2, 0.25) is 5.02 Å². The lowest BCUT2D eigenvalue weighted by atomic mass is 10.1. The molecule has 2 aromatic heterocycles. The summed E-state index contributed by atoms with van der Waals surface area (Å²) in [6, 6.07) is 30.2. The minimum absolute atomic E-state index is 0.269. The van der Waals surface area contributed by atoms with E-state index in [0.717, 1.165) is 60.7 Å². The highest BCUT2D eigenvalue weighted by Crippen LogP contribution is 2.43. The molecule has 0 saturated heterocycles. The summed E-state index contributed by atoms with van der Waals surface area (Å²) in [6.07, 6.45) is 4.01. The van der Waals surface area contributed by atoms with Crippen LogP contribution in [0.5, 0.6) is 11.5 Å². The molecule has 2 heterocycles. The number of rotatable bonds is 7. The maximum atomic E-state index is 13.6. The van der Waals surface area contributed by atoms with Crippen LogP contribution in [0.15, 0.2) is 97.1 Å². The number of fused-ring (bicyclic) bond motifs is 1. The molecular formula is C33H24ClFN2O2S. The van der Waals surface area contributed by atoms with Crippen molar-refractivity contribution in [3.8, 4) is 44.5 Å². The van der Waals surface area contributed by atoms with Gasteiger partial charge in [0.15, 0.2) is 4.96 Å². The molecule has 0 radical (unpaired) electrons. The fourth-order valence-corrected chi connectivity index (χ4v) is 5.89. The minimum atomic E-state index is -0.269.